The van der Waals surface area contributed by atoms with Crippen molar-refractivity contribution in [2.75, 3.05) is 14.2 Å². The van der Waals surface area contributed by atoms with E-state index in [2.05, 4.69) is 17.4 Å². The monoisotopic (exact) mass is 719 g/mol. The molecule has 1 unspecified atom stereocenters. The first-order chi connectivity index (χ1) is 25.2. The Morgan fingerprint density at radius 2 is 1.31 bits per heavy atom. The molecule has 1 aliphatic rings. The molecule has 0 radical (unpaired) electrons. The van der Waals surface area contributed by atoms with Gasteiger partial charge in [-0.15, -0.1) is 0 Å². The summed E-state index contributed by atoms with van der Waals surface area (Å²) < 4.78 is 42.1. The second-order valence-corrected chi connectivity index (χ2v) is 15.3. The van der Waals surface area contributed by atoms with Crippen LogP contribution < -0.4 is 10.2 Å². The molecule has 9 nitrogen and oxygen atoms in total. The van der Waals surface area contributed by atoms with Crippen molar-refractivity contribution in [1.29, 1.82) is 0 Å². The van der Waals surface area contributed by atoms with Crippen molar-refractivity contribution >= 4 is 15.9 Å². The molecule has 270 valence electrons. The highest BCUT2D eigenvalue weighted by molar-refractivity contribution is 7.89. The largest absolute Gasteiger partial charge is 0.497 e. The first kappa shape index (κ1) is 36.9. The van der Waals surface area contributed by atoms with Gasteiger partial charge in [0.2, 0.25) is 10.0 Å². The van der Waals surface area contributed by atoms with Crippen molar-refractivity contribution in [2.24, 2.45) is 5.92 Å². The molecule has 1 aromatic heterocycles. The van der Waals surface area contributed by atoms with Crippen LogP contribution in [0.2, 0.25) is 0 Å². The van der Waals surface area contributed by atoms with Gasteiger partial charge in [-0.2, -0.15) is 4.31 Å². The van der Waals surface area contributed by atoms with Gasteiger partial charge in [-0.3, -0.25) is 14.6 Å². The molecule has 6 rings (SSSR count). The Morgan fingerprint density at radius 1 is 0.808 bits per heavy atom. The fourth-order valence-corrected chi connectivity index (χ4v) is 8.75. The van der Waals surface area contributed by atoms with Gasteiger partial charge in [-0.05, 0) is 97.2 Å². The van der Waals surface area contributed by atoms with E-state index in [4.69, 9.17) is 14.3 Å². The second kappa shape index (κ2) is 16.2. The number of carbonyl (C=O) groups excluding carboxylic acids is 1. The number of ether oxygens (including phenoxy) is 2. The molecule has 0 aliphatic heterocycles. The Bertz CT molecular complexity index is 1890. The highest BCUT2D eigenvalue weighted by atomic mass is 32.2. The molecule has 10 heteroatoms. The molecule has 52 heavy (non-hydrogen) atoms. The molecule has 4 aromatic carbocycles. The number of pyridine rings is 1. The maximum Gasteiger partial charge on any atom is 0.262 e. The van der Waals surface area contributed by atoms with Crippen LogP contribution in [0.15, 0.2) is 145 Å². The lowest BCUT2D eigenvalue weighted by molar-refractivity contribution is -0.150. The van der Waals surface area contributed by atoms with Gasteiger partial charge in [0.25, 0.3) is 5.91 Å². The average Bonchev–Trinajstić information content (AvgIpc) is 3.20. The molecule has 1 amide bonds. The molecule has 1 N–H and O–H groups in total. The molecule has 0 saturated heterocycles. The van der Waals surface area contributed by atoms with Crippen LogP contribution in [0.5, 0.6) is 5.75 Å². The lowest BCUT2D eigenvalue weighted by atomic mass is 9.76. The molecule has 0 bridgehead atoms. The lowest BCUT2D eigenvalue weighted by Gasteiger charge is -2.42. The quantitative estimate of drug-likeness (QED) is 0.0950. The Labute approximate surface area is 306 Å². The van der Waals surface area contributed by atoms with E-state index in [1.165, 1.54) is 23.5 Å². The van der Waals surface area contributed by atoms with Crippen LogP contribution >= 0.6 is 0 Å². The molecule has 1 atom stereocenters. The minimum atomic E-state index is -4.25. The minimum absolute atomic E-state index is 0.0471. The Morgan fingerprint density at radius 3 is 1.77 bits per heavy atom. The van der Waals surface area contributed by atoms with E-state index in [1.807, 2.05) is 91.0 Å². The molecule has 1 heterocycles. The van der Waals surface area contributed by atoms with Crippen LogP contribution in [0.3, 0.4) is 0 Å². The SMILES string of the molecule is COc1ccc(S(=O)(=O)N(Cc2ccncc2)C(C(=O)NOC(c2ccccc2)(c2ccccc2)c2ccccc2)[C@H]2CC[C@](C)(OC)CC2)cc1. The fraction of sp³-hybridized carbons (Fsp3) is 0.286. The Balaban J connectivity index is 1.46. The number of hydrogen-bond acceptors (Lipinski definition) is 7. The first-order valence-electron chi connectivity index (χ1n) is 17.4. The summed E-state index contributed by atoms with van der Waals surface area (Å²) in [6, 6.07) is 37.7. The maximum atomic E-state index is 15.0. The van der Waals surface area contributed by atoms with Gasteiger partial charge in [0.05, 0.1) is 17.6 Å². The number of rotatable bonds is 14. The standard InChI is InChI=1S/C42H45N3O6S/c1-41(50-3)27-23-33(24-28-41)39(45(31-32-25-29-43-30-26-32)52(47,48)38-21-19-37(49-2)20-22-38)40(46)44-51-42(34-13-7-4-8-14-34,35-15-9-5-10-16-35)36-17-11-6-12-18-36/h4-22,25-26,29-30,33,39H,23-24,27-28,31H2,1-3H3,(H,44,46)/t33-,39?,41-. The number of carbonyl (C=O) groups is 1. The number of nitrogens with zero attached hydrogens (tertiary/aromatic N) is 2. The average molecular weight is 720 g/mol. The van der Waals surface area contributed by atoms with Crippen LogP contribution in [0.4, 0.5) is 0 Å². The van der Waals surface area contributed by atoms with Gasteiger partial charge in [0.1, 0.15) is 11.8 Å². The van der Waals surface area contributed by atoms with Gasteiger partial charge in [0, 0.05) is 26.0 Å². The number of benzene rings is 4. The van der Waals surface area contributed by atoms with E-state index in [1.54, 1.807) is 43.8 Å². The van der Waals surface area contributed by atoms with Crippen LogP contribution in [-0.4, -0.2) is 49.5 Å². The Kier molecular flexibility index (Phi) is 11.5. The third-order valence-corrected chi connectivity index (χ3v) is 12.0. The normalized spacial score (nSPS) is 18.4. The zero-order chi connectivity index (χ0) is 36.6. The molecular weight excluding hydrogens is 675 g/mol. The van der Waals surface area contributed by atoms with E-state index in [-0.39, 0.29) is 23.0 Å². The highest BCUT2D eigenvalue weighted by Gasteiger charge is 2.46. The number of hydrogen-bond donors (Lipinski definition) is 1. The predicted molar refractivity (Wildman–Crippen MR) is 200 cm³/mol. The third kappa shape index (κ3) is 7.80. The lowest BCUT2D eigenvalue weighted by Crippen LogP contribution is -2.55. The molecule has 1 fully saturated rings. The fourth-order valence-electron chi connectivity index (χ4n) is 7.12. The van der Waals surface area contributed by atoms with Gasteiger partial charge >= 0.3 is 0 Å². The number of sulfonamides is 1. The van der Waals surface area contributed by atoms with E-state index in [0.29, 0.717) is 37.0 Å². The smallest absolute Gasteiger partial charge is 0.262 e. The Hall–Kier alpha value is -4.87. The minimum Gasteiger partial charge on any atom is -0.497 e. The number of hydroxylamine groups is 1. The number of methoxy groups -OCH3 is 2. The topological polar surface area (TPSA) is 107 Å². The summed E-state index contributed by atoms with van der Waals surface area (Å²) in [5.41, 5.74) is 4.27. The summed E-state index contributed by atoms with van der Waals surface area (Å²) in [4.78, 5) is 26.0. The van der Waals surface area contributed by atoms with Crippen molar-refractivity contribution < 1.29 is 27.5 Å². The van der Waals surface area contributed by atoms with E-state index in [9.17, 15) is 8.42 Å². The summed E-state index contributed by atoms with van der Waals surface area (Å²) in [6.07, 6.45) is 5.68. The van der Waals surface area contributed by atoms with Crippen molar-refractivity contribution in [3.05, 3.63) is 162 Å². The number of aromatic nitrogens is 1. The van der Waals surface area contributed by atoms with Gasteiger partial charge in [-0.25, -0.2) is 13.9 Å². The maximum absolute atomic E-state index is 15.0. The zero-order valence-electron chi connectivity index (χ0n) is 29.7. The van der Waals surface area contributed by atoms with Gasteiger partial charge in [-0.1, -0.05) is 91.0 Å². The van der Waals surface area contributed by atoms with E-state index >= 15 is 4.79 Å². The summed E-state index contributed by atoms with van der Waals surface area (Å²) >= 11 is 0. The van der Waals surface area contributed by atoms with E-state index in [0.717, 1.165) is 16.7 Å². The molecule has 0 spiro atoms. The number of nitrogens with one attached hydrogen (secondary N) is 1. The predicted octanol–water partition coefficient (Wildman–Crippen LogP) is 7.28. The van der Waals surface area contributed by atoms with Crippen LogP contribution in [0.1, 0.15) is 54.9 Å². The number of amides is 1. The first-order valence-corrected chi connectivity index (χ1v) is 18.9. The summed E-state index contributed by atoms with van der Waals surface area (Å²) in [5, 5.41) is 0. The van der Waals surface area contributed by atoms with Crippen LogP contribution in [0.25, 0.3) is 0 Å². The molecule has 5 aromatic rings. The summed E-state index contributed by atoms with van der Waals surface area (Å²) in [6.45, 7) is 1.99. The molecule has 1 saturated carbocycles. The van der Waals surface area contributed by atoms with Crippen LogP contribution in [0, 0.1) is 5.92 Å². The highest BCUT2D eigenvalue weighted by Crippen LogP contribution is 2.41. The van der Waals surface area contributed by atoms with E-state index < -0.39 is 27.6 Å². The summed E-state index contributed by atoms with van der Waals surface area (Å²) in [7, 11) is -1.04. The van der Waals surface area contributed by atoms with Crippen molar-refractivity contribution in [3.8, 4) is 5.75 Å². The zero-order valence-corrected chi connectivity index (χ0v) is 30.5. The third-order valence-electron chi connectivity index (χ3n) is 10.2. The van der Waals surface area contributed by atoms with Crippen molar-refractivity contribution in [1.82, 2.24) is 14.8 Å². The van der Waals surface area contributed by atoms with Crippen LogP contribution in [-0.2, 0) is 36.5 Å². The molecular formula is C42H45N3O6S. The van der Waals surface area contributed by atoms with Gasteiger partial charge in [0.15, 0.2) is 5.60 Å². The molecule has 1 aliphatic carbocycles. The second-order valence-electron chi connectivity index (χ2n) is 13.4. The van der Waals surface area contributed by atoms with Gasteiger partial charge < -0.3 is 9.47 Å². The van der Waals surface area contributed by atoms with Crippen molar-refractivity contribution in [3.63, 3.8) is 0 Å². The summed E-state index contributed by atoms with van der Waals surface area (Å²) in [5.74, 6) is -0.391. The van der Waals surface area contributed by atoms with Crippen molar-refractivity contribution in [2.45, 2.75) is 61.3 Å².